The highest BCUT2D eigenvalue weighted by molar-refractivity contribution is 5.85. The summed E-state index contributed by atoms with van der Waals surface area (Å²) in [6.07, 6.45) is 8.76. The zero-order valence-electron chi connectivity index (χ0n) is 63.9. The highest BCUT2D eigenvalue weighted by atomic mass is 16.2. The molecule has 0 aliphatic rings. The molecular formula is C70H124N28O9. The molecular weight excluding hydrogens is 1380 g/mol. The number of benzene rings is 2. The van der Waals surface area contributed by atoms with Gasteiger partial charge < -0.3 is 135 Å². The number of aliphatic imine (C=N–C) groups is 3. The fourth-order valence-electron chi connectivity index (χ4n) is 11.0. The Balaban J connectivity index is 0.000000556. The van der Waals surface area contributed by atoms with Crippen LogP contribution in [0.1, 0.15) is 125 Å². The van der Waals surface area contributed by atoms with Gasteiger partial charge in [0.2, 0.25) is 5.91 Å². The van der Waals surface area contributed by atoms with Crippen molar-refractivity contribution in [3.8, 4) is 0 Å². The number of rotatable bonds is 44. The monoisotopic (exact) mass is 1500 g/mol. The van der Waals surface area contributed by atoms with Gasteiger partial charge in [0.05, 0.1) is 24.2 Å². The van der Waals surface area contributed by atoms with Crippen molar-refractivity contribution in [1.29, 1.82) is 0 Å². The Hall–Kier alpha value is -11.0. The molecule has 37 nitrogen and oxygen atoms in total. The number of H-pyrrole nitrogens is 2. The average molecular weight is 1500 g/mol. The summed E-state index contributed by atoms with van der Waals surface area (Å²) in [6.45, 7) is 19.9. The number of nitrogens with zero attached hydrogens (tertiary/aromatic N) is 3. The molecule has 0 saturated heterocycles. The molecule has 0 spiro atoms. The second-order valence-electron chi connectivity index (χ2n) is 27.8. The van der Waals surface area contributed by atoms with E-state index in [1.165, 1.54) is 7.05 Å². The highest BCUT2D eigenvalue weighted by Gasteiger charge is 2.25. The third-order valence-electron chi connectivity index (χ3n) is 17.1. The fraction of sp³-hybridized carbons (Fsp3) is 0.600. The standard InChI is InChI=1S/C36H64N14O5.C34H60N14O4/c1-21(2)29(19-44-32(51)39-7)49-35(54)43-18-26(15-24-16-41-28-13-9-8-12-27(24)28)48-33(52)42-17-25(11-10-14-40-31(37)38)47-34(53)45-20-30(22(3)4)50-36(55)46-23(5)6;1-21(2)27(12-13-29(35)49)48-34(52)44-19-24(9-7-15-41-31(38)39)46-33(51)45-20-25(16-23-18-42-28-11-5-4-10-26(23)28)47-32(50)43-17-22(3)8-6-14-40-30(36)37/h8-9,12-13,16,21-23,25-26,29-30,41H,10-11,14-15,17-20H2,1-7H3,(H4,37,38,40)(H2,39,44,51)(H2,42,48,52)(H2,43,49,54)(H2,45,47,53)(H2,46,50,55);4-5,10-11,18,21-22,24-25,27,42H,6-9,12-17,19-20H2,1-3H3,(H2,35,49)(H4,36,37,40)(H4,38,39,41)(H2,43,47,50)(H2,44,48,52)(H2,45,46,51)/t25-,26-,29+,30+;22-,24-,25-,27+/m00/s1. The van der Waals surface area contributed by atoms with Crippen molar-refractivity contribution in [2.24, 2.45) is 78.8 Å². The molecule has 0 fully saturated rings. The predicted octanol–water partition coefficient (Wildman–Crippen LogP) is 1.46. The number of aromatic nitrogens is 2. The second-order valence-corrected chi connectivity index (χ2v) is 27.8. The van der Waals surface area contributed by atoms with Gasteiger partial charge in [-0.2, -0.15) is 0 Å². The van der Waals surface area contributed by atoms with E-state index < -0.39 is 60.2 Å². The molecule has 0 saturated carbocycles. The summed E-state index contributed by atoms with van der Waals surface area (Å²) in [6, 6.07) is 9.36. The average Bonchev–Trinajstić information content (AvgIpc) is 1.70. The Morgan fingerprint density at radius 2 is 0.710 bits per heavy atom. The van der Waals surface area contributed by atoms with E-state index in [2.05, 4.69) is 110 Å². The van der Waals surface area contributed by atoms with Gasteiger partial charge in [0, 0.05) is 137 Å². The minimum absolute atomic E-state index is 0.0291. The van der Waals surface area contributed by atoms with Crippen LogP contribution in [-0.2, 0) is 17.6 Å². The first-order chi connectivity index (χ1) is 50.8. The van der Waals surface area contributed by atoms with Gasteiger partial charge in [0.15, 0.2) is 17.9 Å². The maximum Gasteiger partial charge on any atom is 0.315 e. The Bertz CT molecular complexity index is 3450. The predicted molar refractivity (Wildman–Crippen MR) is 421 cm³/mol. The molecule has 107 heavy (non-hydrogen) atoms. The zero-order chi connectivity index (χ0) is 79.4. The summed E-state index contributed by atoms with van der Waals surface area (Å²) in [7, 11) is 1.51. The van der Waals surface area contributed by atoms with E-state index >= 15 is 0 Å². The van der Waals surface area contributed by atoms with E-state index in [-0.39, 0.29) is 130 Å². The van der Waals surface area contributed by atoms with Crippen LogP contribution in [0.3, 0.4) is 0 Å². The highest BCUT2D eigenvalue weighted by Crippen LogP contribution is 2.21. The quantitative estimate of drug-likeness (QED) is 0.0169. The van der Waals surface area contributed by atoms with E-state index in [1.54, 1.807) is 0 Å². The molecule has 2 heterocycles. The number of nitrogens with two attached hydrogens (primary N) is 7. The molecule has 0 radical (unpaired) electrons. The van der Waals surface area contributed by atoms with Crippen LogP contribution in [-0.4, -0.2) is 203 Å². The first-order valence-corrected chi connectivity index (χ1v) is 36.6. The third kappa shape index (κ3) is 39.6. The number of fused-ring (bicyclic) bond motifs is 2. The summed E-state index contributed by atoms with van der Waals surface area (Å²) < 4.78 is 0. The van der Waals surface area contributed by atoms with Gasteiger partial charge in [-0.3, -0.25) is 19.8 Å². The lowest BCUT2D eigenvalue weighted by Gasteiger charge is -2.26. The third-order valence-corrected chi connectivity index (χ3v) is 17.1. The lowest BCUT2D eigenvalue weighted by Crippen LogP contribution is -2.55. The molecule has 0 unspecified atom stereocenters. The fourth-order valence-corrected chi connectivity index (χ4v) is 11.0. The molecule has 4 rings (SSSR count). The van der Waals surface area contributed by atoms with E-state index in [4.69, 9.17) is 40.1 Å². The van der Waals surface area contributed by atoms with Gasteiger partial charge in [-0.05, 0) is 119 Å². The Kier molecular flexibility index (Phi) is 41.8. The van der Waals surface area contributed by atoms with Crippen molar-refractivity contribution < 1.29 is 43.2 Å². The van der Waals surface area contributed by atoms with Gasteiger partial charge >= 0.3 is 48.2 Å². The SMILES string of the molecule is CC(C)[C@@H](CCC(N)=O)NC(=O)NC[C@H](CCCN=C(N)N)NC(=O)NC[C@H](Cc1c[nH]c2ccccc12)NC(=O)NC[C@@H](C)CCCN=C(N)N.CNC(=O)NC[C@@H](NC(=O)NC[C@H](Cc1c[nH]c2ccccc12)NC(=O)NC[C@H](CCCN=C(N)N)NC(=O)NC[C@@H](NC(=O)NC(C)C)C(C)C)C(C)C. The van der Waals surface area contributed by atoms with Crippen LogP contribution in [0.2, 0.25) is 0 Å². The number of para-hydroxylation sites is 2. The van der Waals surface area contributed by atoms with Crippen LogP contribution in [0.25, 0.3) is 21.8 Å². The smallest absolute Gasteiger partial charge is 0.315 e. The maximum atomic E-state index is 13.4. The van der Waals surface area contributed by atoms with Gasteiger partial charge in [0.25, 0.3) is 0 Å². The molecule has 37 heteroatoms. The number of hydrogen-bond donors (Lipinski definition) is 25. The van der Waals surface area contributed by atoms with Crippen LogP contribution in [0.5, 0.6) is 0 Å². The lowest BCUT2D eigenvalue weighted by atomic mass is 9.99. The number of aromatic amines is 2. The number of primary amides is 1. The first kappa shape index (κ1) is 90.2. The number of carbonyl (C=O) groups excluding carboxylic acids is 9. The van der Waals surface area contributed by atoms with Gasteiger partial charge in [-0.25, -0.2) is 38.4 Å². The van der Waals surface area contributed by atoms with E-state index in [1.807, 2.05) is 123 Å². The van der Waals surface area contributed by atoms with E-state index in [9.17, 15) is 43.2 Å². The molecule has 17 amide bonds. The van der Waals surface area contributed by atoms with Crippen molar-refractivity contribution in [2.45, 2.75) is 175 Å². The van der Waals surface area contributed by atoms with Crippen molar-refractivity contribution in [3.63, 3.8) is 0 Å². The van der Waals surface area contributed by atoms with Crippen molar-refractivity contribution >= 4 is 93.8 Å². The summed E-state index contributed by atoms with van der Waals surface area (Å²) in [4.78, 5) is 132. The second kappa shape index (κ2) is 49.6. The number of urea groups is 8. The maximum absolute atomic E-state index is 13.4. The Labute approximate surface area is 627 Å². The topological polar surface area (TPSA) is 597 Å². The largest absolute Gasteiger partial charge is 0.370 e. The molecule has 2 aromatic carbocycles. The molecule has 2 aromatic heterocycles. The summed E-state index contributed by atoms with van der Waals surface area (Å²) in [5.41, 5.74) is 41.8. The van der Waals surface area contributed by atoms with Gasteiger partial charge in [-0.15, -0.1) is 0 Å². The van der Waals surface area contributed by atoms with Crippen molar-refractivity contribution in [2.75, 3.05) is 72.5 Å². The Morgan fingerprint density at radius 3 is 1.09 bits per heavy atom. The Morgan fingerprint density at radius 1 is 0.374 bits per heavy atom. The molecule has 8 atom stereocenters. The van der Waals surface area contributed by atoms with Crippen molar-refractivity contribution in [3.05, 3.63) is 72.1 Å². The number of guanidine groups is 3. The summed E-state index contributed by atoms with van der Waals surface area (Å²) in [5.74, 6) is -0.125. The number of hydrogen-bond acceptors (Lipinski definition) is 12. The van der Waals surface area contributed by atoms with Crippen molar-refractivity contribution in [1.82, 2.24) is 95.0 Å². The zero-order valence-corrected chi connectivity index (χ0v) is 63.9. The van der Waals surface area contributed by atoms with Crippen LogP contribution >= 0.6 is 0 Å². The summed E-state index contributed by atoms with van der Waals surface area (Å²) in [5, 5.41) is 47.7. The minimum Gasteiger partial charge on any atom is -0.370 e. The van der Waals surface area contributed by atoms with E-state index in [0.29, 0.717) is 71.1 Å². The van der Waals surface area contributed by atoms with E-state index in [0.717, 1.165) is 45.8 Å². The normalized spacial score (nSPS) is 13.2. The van der Waals surface area contributed by atoms with Gasteiger partial charge in [0.1, 0.15) is 0 Å². The van der Waals surface area contributed by atoms with Crippen LogP contribution in [0.4, 0.5) is 38.4 Å². The molecule has 4 aromatic rings. The number of nitrogens with one attached hydrogen (secondary N) is 18. The van der Waals surface area contributed by atoms with Crippen LogP contribution in [0, 0.1) is 23.7 Å². The molecule has 0 aliphatic carbocycles. The first-order valence-electron chi connectivity index (χ1n) is 36.6. The van der Waals surface area contributed by atoms with Crippen LogP contribution < -0.4 is 125 Å². The molecule has 598 valence electrons. The molecule has 0 bridgehead atoms. The molecule has 32 N–H and O–H groups in total. The van der Waals surface area contributed by atoms with Gasteiger partial charge in [-0.1, -0.05) is 84.9 Å². The summed E-state index contributed by atoms with van der Waals surface area (Å²) >= 11 is 0. The number of carbonyl (C=O) groups is 9. The number of amides is 17. The lowest BCUT2D eigenvalue weighted by molar-refractivity contribution is -0.118. The molecule has 0 aliphatic heterocycles. The van der Waals surface area contributed by atoms with Crippen LogP contribution in [0.15, 0.2) is 75.9 Å². The minimum atomic E-state index is -0.531.